The average molecular weight is 300 g/mol. The number of para-hydroxylation sites is 2. The minimum Gasteiger partial charge on any atom is -0.356 e. The lowest BCUT2D eigenvalue weighted by Crippen LogP contribution is -2.42. The van der Waals surface area contributed by atoms with E-state index in [4.69, 9.17) is 0 Å². The van der Waals surface area contributed by atoms with E-state index in [0.29, 0.717) is 12.6 Å². The van der Waals surface area contributed by atoms with Crippen molar-refractivity contribution in [1.82, 2.24) is 20.6 Å². The molecule has 1 amide bonds. The summed E-state index contributed by atoms with van der Waals surface area (Å²) in [6, 6.07) is 8.49. The second-order valence-corrected chi connectivity index (χ2v) is 6.17. The van der Waals surface area contributed by atoms with Gasteiger partial charge in [-0.3, -0.25) is 4.79 Å². The van der Waals surface area contributed by atoms with Crippen molar-refractivity contribution in [2.45, 2.75) is 38.6 Å². The molecule has 2 atom stereocenters. The Hall–Kier alpha value is -1.88. The molecule has 118 valence electrons. The van der Waals surface area contributed by atoms with E-state index in [1.807, 2.05) is 24.3 Å². The molecule has 2 heterocycles. The molecule has 0 saturated carbocycles. The number of aryl methyl sites for hydroxylation is 1. The van der Waals surface area contributed by atoms with Crippen LogP contribution in [-0.2, 0) is 11.2 Å². The van der Waals surface area contributed by atoms with Crippen LogP contribution in [0.25, 0.3) is 11.0 Å². The van der Waals surface area contributed by atoms with Crippen LogP contribution < -0.4 is 10.6 Å². The number of amides is 1. The summed E-state index contributed by atoms with van der Waals surface area (Å²) in [7, 11) is 0. The molecule has 0 unspecified atom stereocenters. The zero-order valence-electron chi connectivity index (χ0n) is 13.1. The number of imidazole rings is 1. The molecule has 1 aliphatic rings. The van der Waals surface area contributed by atoms with E-state index in [9.17, 15) is 4.79 Å². The van der Waals surface area contributed by atoms with E-state index in [1.165, 1.54) is 0 Å². The third kappa shape index (κ3) is 3.65. The first-order valence-corrected chi connectivity index (χ1v) is 8.17. The number of aromatic nitrogens is 2. The fraction of sp³-hybridized carbons (Fsp3) is 0.529. The molecule has 0 spiro atoms. The van der Waals surface area contributed by atoms with Crippen molar-refractivity contribution in [2.75, 3.05) is 13.1 Å². The van der Waals surface area contributed by atoms with Crippen LogP contribution in [0.4, 0.5) is 0 Å². The van der Waals surface area contributed by atoms with E-state index < -0.39 is 0 Å². The first kappa shape index (κ1) is 15.0. The zero-order valence-corrected chi connectivity index (χ0v) is 13.1. The van der Waals surface area contributed by atoms with Crippen molar-refractivity contribution < 1.29 is 4.79 Å². The Kier molecular flexibility index (Phi) is 4.73. The Morgan fingerprint density at radius 3 is 3.09 bits per heavy atom. The van der Waals surface area contributed by atoms with Gasteiger partial charge in [0.05, 0.1) is 11.0 Å². The van der Waals surface area contributed by atoms with Crippen LogP contribution in [0.1, 0.15) is 32.0 Å². The lowest BCUT2D eigenvalue weighted by atomic mass is 9.92. The van der Waals surface area contributed by atoms with Crippen LogP contribution in [0.2, 0.25) is 0 Å². The van der Waals surface area contributed by atoms with Crippen molar-refractivity contribution in [3.05, 3.63) is 30.1 Å². The predicted octanol–water partition coefficient (Wildman–Crippen LogP) is 2.00. The molecule has 1 fully saturated rings. The van der Waals surface area contributed by atoms with Crippen LogP contribution in [0.5, 0.6) is 0 Å². The van der Waals surface area contributed by atoms with E-state index in [2.05, 4.69) is 27.5 Å². The molecule has 1 aromatic heterocycles. The number of hydrogen-bond acceptors (Lipinski definition) is 3. The van der Waals surface area contributed by atoms with Gasteiger partial charge < -0.3 is 15.6 Å². The smallest absolute Gasteiger partial charge is 0.223 e. The number of carbonyl (C=O) groups excluding carboxylic acids is 1. The maximum absolute atomic E-state index is 12.1. The van der Waals surface area contributed by atoms with Gasteiger partial charge in [-0.05, 0) is 44.9 Å². The molecule has 1 saturated heterocycles. The number of aromatic amines is 1. The normalized spacial score (nSPS) is 21.9. The summed E-state index contributed by atoms with van der Waals surface area (Å²) >= 11 is 0. The third-order valence-corrected chi connectivity index (χ3v) is 4.32. The van der Waals surface area contributed by atoms with Crippen LogP contribution in [0.15, 0.2) is 24.3 Å². The van der Waals surface area contributed by atoms with Gasteiger partial charge in [-0.1, -0.05) is 12.1 Å². The Labute approximate surface area is 130 Å². The van der Waals surface area contributed by atoms with Crippen molar-refractivity contribution in [2.24, 2.45) is 5.92 Å². The molecule has 1 aliphatic heterocycles. The number of rotatable bonds is 5. The quantitative estimate of drug-likeness (QED) is 0.740. The third-order valence-electron chi connectivity index (χ3n) is 4.32. The van der Waals surface area contributed by atoms with E-state index in [0.717, 1.165) is 49.1 Å². The fourth-order valence-electron chi connectivity index (χ4n) is 3.11. The summed E-state index contributed by atoms with van der Waals surface area (Å²) in [6.45, 7) is 3.80. The van der Waals surface area contributed by atoms with Crippen molar-refractivity contribution in [1.29, 1.82) is 0 Å². The molecule has 3 N–H and O–H groups in total. The molecule has 0 aliphatic carbocycles. The maximum atomic E-state index is 12.1. The first-order chi connectivity index (χ1) is 10.7. The van der Waals surface area contributed by atoms with Gasteiger partial charge in [-0.15, -0.1) is 0 Å². The number of carbonyl (C=O) groups is 1. The predicted molar refractivity (Wildman–Crippen MR) is 87.6 cm³/mol. The highest BCUT2D eigenvalue weighted by Crippen LogP contribution is 2.16. The van der Waals surface area contributed by atoms with Crippen molar-refractivity contribution in [3.63, 3.8) is 0 Å². The molecule has 3 rings (SSSR count). The highest BCUT2D eigenvalue weighted by Gasteiger charge is 2.24. The van der Waals surface area contributed by atoms with E-state index >= 15 is 0 Å². The second kappa shape index (κ2) is 6.92. The Balaban J connectivity index is 1.42. The number of nitrogens with zero attached hydrogens (tertiary/aromatic N) is 1. The molecule has 0 bridgehead atoms. The van der Waals surface area contributed by atoms with Gasteiger partial charge in [0, 0.05) is 24.9 Å². The van der Waals surface area contributed by atoms with Gasteiger partial charge >= 0.3 is 0 Å². The monoisotopic (exact) mass is 300 g/mol. The second-order valence-electron chi connectivity index (χ2n) is 6.17. The minimum absolute atomic E-state index is 0.169. The average Bonchev–Trinajstić information content (AvgIpc) is 2.94. The van der Waals surface area contributed by atoms with Crippen molar-refractivity contribution >= 4 is 16.9 Å². The zero-order chi connectivity index (χ0) is 15.4. The Morgan fingerprint density at radius 1 is 1.41 bits per heavy atom. The number of hydrogen-bond donors (Lipinski definition) is 3. The first-order valence-electron chi connectivity index (χ1n) is 8.17. The fourth-order valence-corrected chi connectivity index (χ4v) is 3.11. The van der Waals surface area contributed by atoms with Gasteiger partial charge in [-0.2, -0.15) is 0 Å². The highest BCUT2D eigenvalue weighted by atomic mass is 16.1. The van der Waals surface area contributed by atoms with E-state index in [1.54, 1.807) is 0 Å². The van der Waals surface area contributed by atoms with Crippen LogP contribution in [-0.4, -0.2) is 35.0 Å². The molecule has 1 aromatic carbocycles. The number of benzene rings is 1. The molecule has 0 radical (unpaired) electrons. The SMILES string of the molecule is C[C@H]1C[C@@H](C(=O)NCCCc2nc3ccccc3[nH]2)CCN1. The van der Waals surface area contributed by atoms with Crippen LogP contribution in [0.3, 0.4) is 0 Å². The number of H-pyrrole nitrogens is 1. The van der Waals surface area contributed by atoms with Gasteiger partial charge in [0.2, 0.25) is 5.91 Å². The Morgan fingerprint density at radius 2 is 2.27 bits per heavy atom. The van der Waals surface area contributed by atoms with Gasteiger partial charge in [-0.25, -0.2) is 4.98 Å². The summed E-state index contributed by atoms with van der Waals surface area (Å²) in [4.78, 5) is 20.0. The number of nitrogens with one attached hydrogen (secondary N) is 3. The molecule has 5 heteroatoms. The standard InChI is InChI=1S/C17H24N4O/c1-12-11-13(8-10-18-12)17(22)19-9-4-7-16-20-14-5-2-3-6-15(14)21-16/h2-3,5-6,12-13,18H,4,7-11H2,1H3,(H,19,22)(H,20,21)/t12-,13-/m0/s1. The lowest BCUT2D eigenvalue weighted by Gasteiger charge is -2.27. The van der Waals surface area contributed by atoms with Crippen LogP contribution in [0, 0.1) is 5.92 Å². The summed E-state index contributed by atoms with van der Waals surface area (Å²) in [6.07, 6.45) is 3.65. The van der Waals surface area contributed by atoms with Gasteiger partial charge in [0.1, 0.15) is 5.82 Å². The van der Waals surface area contributed by atoms with E-state index in [-0.39, 0.29) is 11.8 Å². The summed E-state index contributed by atoms with van der Waals surface area (Å²) in [5.74, 6) is 1.37. The maximum Gasteiger partial charge on any atom is 0.223 e. The van der Waals surface area contributed by atoms with Crippen molar-refractivity contribution in [3.8, 4) is 0 Å². The molecular formula is C17H24N4O. The largest absolute Gasteiger partial charge is 0.356 e. The van der Waals surface area contributed by atoms with Gasteiger partial charge in [0.15, 0.2) is 0 Å². The number of piperidine rings is 1. The summed E-state index contributed by atoms with van der Waals surface area (Å²) in [5, 5.41) is 6.44. The summed E-state index contributed by atoms with van der Waals surface area (Å²) < 4.78 is 0. The Bertz CT molecular complexity index is 603. The lowest BCUT2D eigenvalue weighted by molar-refractivity contribution is -0.126. The number of fused-ring (bicyclic) bond motifs is 1. The topological polar surface area (TPSA) is 69.8 Å². The molecule has 22 heavy (non-hydrogen) atoms. The highest BCUT2D eigenvalue weighted by molar-refractivity contribution is 5.78. The molecule has 5 nitrogen and oxygen atoms in total. The minimum atomic E-state index is 0.169. The van der Waals surface area contributed by atoms with Gasteiger partial charge in [0.25, 0.3) is 0 Å². The molecule has 2 aromatic rings. The summed E-state index contributed by atoms with van der Waals surface area (Å²) in [5.41, 5.74) is 2.08. The van der Waals surface area contributed by atoms with Crippen LogP contribution >= 0.6 is 0 Å². The molecular weight excluding hydrogens is 276 g/mol.